The van der Waals surface area contributed by atoms with Crippen molar-refractivity contribution in [3.63, 3.8) is 0 Å². The Morgan fingerprint density at radius 1 is 1.00 bits per heavy atom. The predicted molar refractivity (Wildman–Crippen MR) is 85.6 cm³/mol. The van der Waals surface area contributed by atoms with Crippen LogP contribution in [0.25, 0.3) is 0 Å². The van der Waals surface area contributed by atoms with Crippen molar-refractivity contribution in [2.75, 3.05) is 0 Å². The fourth-order valence-electron chi connectivity index (χ4n) is 1.76. The van der Waals surface area contributed by atoms with Crippen LogP contribution < -0.4 is 0 Å². The Bertz CT molecular complexity index is 618. The molecule has 96 valence electrons. The Balaban J connectivity index is 2.16. The van der Waals surface area contributed by atoms with Crippen molar-refractivity contribution in [3.05, 3.63) is 68.7 Å². The van der Waals surface area contributed by atoms with Crippen LogP contribution in [-0.2, 0) is 6.42 Å². The lowest BCUT2D eigenvalue weighted by atomic mass is 10.1. The molecular formula is C17H14BrCl. The summed E-state index contributed by atoms with van der Waals surface area (Å²) in [6.07, 6.45) is 2.29. The predicted octanol–water partition coefficient (Wildman–Crippen LogP) is 5.45. The molecule has 0 amide bonds. The molecule has 0 aliphatic carbocycles. The topological polar surface area (TPSA) is 0 Å². The molecule has 0 saturated carbocycles. The lowest BCUT2D eigenvalue weighted by Crippen LogP contribution is -1.83. The quantitative estimate of drug-likeness (QED) is 0.641. The number of aryl methyl sites for hydroxylation is 1. The molecule has 0 unspecified atom stereocenters. The van der Waals surface area contributed by atoms with Gasteiger partial charge >= 0.3 is 0 Å². The highest BCUT2D eigenvalue weighted by Crippen LogP contribution is 2.22. The SMILES string of the molecule is CCCc1ccc(C#Cc2ccc(Br)c(Cl)c2)cc1. The van der Waals surface area contributed by atoms with Crippen molar-refractivity contribution in [2.24, 2.45) is 0 Å². The van der Waals surface area contributed by atoms with Crippen LogP contribution in [0.15, 0.2) is 46.9 Å². The van der Waals surface area contributed by atoms with Gasteiger partial charge in [-0.1, -0.05) is 48.9 Å². The fraction of sp³-hybridized carbons (Fsp3) is 0.176. The lowest BCUT2D eigenvalue weighted by molar-refractivity contribution is 0.922. The summed E-state index contributed by atoms with van der Waals surface area (Å²) in [5.74, 6) is 6.28. The van der Waals surface area contributed by atoms with Crippen molar-refractivity contribution in [2.45, 2.75) is 19.8 Å². The van der Waals surface area contributed by atoms with Crippen molar-refractivity contribution in [1.82, 2.24) is 0 Å². The number of halogens is 2. The summed E-state index contributed by atoms with van der Waals surface area (Å²) >= 11 is 9.40. The summed E-state index contributed by atoms with van der Waals surface area (Å²) in [4.78, 5) is 0. The summed E-state index contributed by atoms with van der Waals surface area (Å²) in [5.41, 5.74) is 3.31. The molecule has 19 heavy (non-hydrogen) atoms. The zero-order valence-corrected chi connectivity index (χ0v) is 13.1. The van der Waals surface area contributed by atoms with Crippen LogP contribution in [0, 0.1) is 11.8 Å². The Morgan fingerprint density at radius 2 is 1.63 bits per heavy atom. The van der Waals surface area contributed by atoms with E-state index in [0.717, 1.165) is 22.0 Å². The first-order valence-corrected chi connectivity index (χ1v) is 7.42. The van der Waals surface area contributed by atoms with Crippen molar-refractivity contribution in [1.29, 1.82) is 0 Å². The smallest absolute Gasteiger partial charge is 0.0560 e. The molecule has 0 aliphatic heterocycles. The Labute approximate surface area is 127 Å². The van der Waals surface area contributed by atoms with Crippen LogP contribution >= 0.6 is 27.5 Å². The molecule has 0 fully saturated rings. The highest BCUT2D eigenvalue weighted by molar-refractivity contribution is 9.10. The van der Waals surface area contributed by atoms with E-state index >= 15 is 0 Å². The summed E-state index contributed by atoms with van der Waals surface area (Å²) in [7, 11) is 0. The first-order chi connectivity index (χ1) is 9.19. The molecule has 2 aromatic carbocycles. The average molecular weight is 334 g/mol. The minimum atomic E-state index is 0.685. The number of rotatable bonds is 2. The molecule has 0 radical (unpaired) electrons. The van der Waals surface area contributed by atoms with Gasteiger partial charge in [-0.2, -0.15) is 0 Å². The van der Waals surface area contributed by atoms with Crippen LogP contribution in [-0.4, -0.2) is 0 Å². The number of hydrogen-bond donors (Lipinski definition) is 0. The molecule has 0 aromatic heterocycles. The molecule has 0 saturated heterocycles. The van der Waals surface area contributed by atoms with Crippen LogP contribution in [0.4, 0.5) is 0 Å². The van der Waals surface area contributed by atoms with Gasteiger partial charge in [0.25, 0.3) is 0 Å². The molecule has 0 spiro atoms. The van der Waals surface area contributed by atoms with Gasteiger partial charge in [-0.3, -0.25) is 0 Å². The van der Waals surface area contributed by atoms with E-state index in [2.05, 4.69) is 59.0 Å². The first-order valence-electron chi connectivity index (χ1n) is 6.25. The third-order valence-corrected chi connectivity index (χ3v) is 4.00. The van der Waals surface area contributed by atoms with E-state index in [0.29, 0.717) is 5.02 Å². The maximum Gasteiger partial charge on any atom is 0.0560 e. The van der Waals surface area contributed by atoms with E-state index in [-0.39, 0.29) is 0 Å². The van der Waals surface area contributed by atoms with Crippen LogP contribution in [0.2, 0.25) is 5.02 Å². The Morgan fingerprint density at radius 3 is 2.26 bits per heavy atom. The van der Waals surface area contributed by atoms with Gasteiger partial charge in [-0.05, 0) is 58.2 Å². The number of benzene rings is 2. The minimum absolute atomic E-state index is 0.685. The fourth-order valence-corrected chi connectivity index (χ4v) is 2.19. The van der Waals surface area contributed by atoms with E-state index in [1.807, 2.05) is 18.2 Å². The van der Waals surface area contributed by atoms with Gasteiger partial charge in [-0.15, -0.1) is 0 Å². The molecule has 2 rings (SSSR count). The van der Waals surface area contributed by atoms with Crippen molar-refractivity contribution >= 4 is 27.5 Å². The van der Waals surface area contributed by atoms with Crippen molar-refractivity contribution < 1.29 is 0 Å². The highest BCUT2D eigenvalue weighted by Gasteiger charge is 1.96. The maximum atomic E-state index is 6.04. The van der Waals surface area contributed by atoms with E-state index < -0.39 is 0 Å². The lowest BCUT2D eigenvalue weighted by Gasteiger charge is -1.98. The van der Waals surface area contributed by atoms with Gasteiger partial charge in [0.1, 0.15) is 0 Å². The summed E-state index contributed by atoms with van der Waals surface area (Å²) in [6, 6.07) is 14.1. The molecule has 0 N–H and O–H groups in total. The zero-order valence-electron chi connectivity index (χ0n) is 10.7. The molecule has 0 heterocycles. The Hall–Kier alpha value is -1.23. The van der Waals surface area contributed by atoms with Gasteiger partial charge in [-0.25, -0.2) is 0 Å². The molecule has 0 nitrogen and oxygen atoms in total. The second-order valence-electron chi connectivity index (χ2n) is 4.33. The normalized spacial score (nSPS) is 9.84. The van der Waals surface area contributed by atoms with Gasteiger partial charge < -0.3 is 0 Å². The molecule has 2 aromatic rings. The van der Waals surface area contributed by atoms with E-state index in [1.54, 1.807) is 0 Å². The molecule has 2 heteroatoms. The van der Waals surface area contributed by atoms with Gasteiger partial charge in [0, 0.05) is 15.6 Å². The summed E-state index contributed by atoms with van der Waals surface area (Å²) in [6.45, 7) is 2.19. The standard InChI is InChI=1S/C17H14BrCl/c1-2-3-13-4-6-14(7-5-13)8-9-15-10-11-16(18)17(19)12-15/h4-7,10-12H,2-3H2,1H3. The van der Waals surface area contributed by atoms with Gasteiger partial charge in [0.2, 0.25) is 0 Å². The molecular weight excluding hydrogens is 320 g/mol. The highest BCUT2D eigenvalue weighted by atomic mass is 79.9. The van der Waals surface area contributed by atoms with Gasteiger partial charge in [0.15, 0.2) is 0 Å². The average Bonchev–Trinajstić information content (AvgIpc) is 2.42. The third kappa shape index (κ3) is 4.13. The monoisotopic (exact) mass is 332 g/mol. The maximum absolute atomic E-state index is 6.04. The Kier molecular flexibility index (Phi) is 5.07. The van der Waals surface area contributed by atoms with E-state index in [1.165, 1.54) is 12.0 Å². The minimum Gasteiger partial charge on any atom is -0.0831 e. The third-order valence-electron chi connectivity index (χ3n) is 2.76. The number of hydrogen-bond acceptors (Lipinski definition) is 0. The van der Waals surface area contributed by atoms with E-state index in [4.69, 9.17) is 11.6 Å². The van der Waals surface area contributed by atoms with Crippen LogP contribution in [0.1, 0.15) is 30.0 Å². The molecule has 0 aliphatic rings. The van der Waals surface area contributed by atoms with Crippen molar-refractivity contribution in [3.8, 4) is 11.8 Å². The first kappa shape index (κ1) is 14.2. The van der Waals surface area contributed by atoms with Crippen LogP contribution in [0.3, 0.4) is 0 Å². The molecule has 0 atom stereocenters. The summed E-state index contributed by atoms with van der Waals surface area (Å²) in [5, 5.41) is 0.685. The van der Waals surface area contributed by atoms with Gasteiger partial charge in [0.05, 0.1) is 5.02 Å². The summed E-state index contributed by atoms with van der Waals surface area (Å²) < 4.78 is 0.892. The van der Waals surface area contributed by atoms with Crippen LogP contribution in [0.5, 0.6) is 0 Å². The zero-order chi connectivity index (χ0) is 13.7. The van der Waals surface area contributed by atoms with E-state index in [9.17, 15) is 0 Å². The largest absolute Gasteiger partial charge is 0.0831 e. The second kappa shape index (κ2) is 6.80. The molecule has 0 bridgehead atoms. The second-order valence-corrected chi connectivity index (χ2v) is 5.59.